The maximum atomic E-state index is 5.85. The van der Waals surface area contributed by atoms with Gasteiger partial charge in [-0.25, -0.2) is 0 Å². The van der Waals surface area contributed by atoms with Crippen LogP contribution >= 0.6 is 0 Å². The highest BCUT2D eigenvalue weighted by molar-refractivity contribution is 5.29. The molecule has 2 bridgehead atoms. The Balaban J connectivity index is 1.76. The second-order valence-electron chi connectivity index (χ2n) is 6.90. The van der Waals surface area contributed by atoms with Crippen LogP contribution in [-0.2, 0) is 0 Å². The van der Waals surface area contributed by atoms with E-state index in [1.165, 1.54) is 30.4 Å². The number of likely N-dealkylation sites (N-methyl/N-ethyl adjacent to an activating group) is 1. The van der Waals surface area contributed by atoms with Gasteiger partial charge in [0.15, 0.2) is 0 Å². The van der Waals surface area contributed by atoms with Gasteiger partial charge in [0.1, 0.15) is 0 Å². The molecule has 0 saturated carbocycles. The van der Waals surface area contributed by atoms with E-state index in [9.17, 15) is 0 Å². The van der Waals surface area contributed by atoms with Crippen LogP contribution in [0, 0.1) is 13.8 Å². The molecule has 4 nitrogen and oxygen atoms in total. The number of hydrogen-bond acceptors (Lipinski definition) is 4. The van der Waals surface area contributed by atoms with Crippen molar-refractivity contribution in [1.82, 2.24) is 15.1 Å². The molecule has 1 aromatic carbocycles. The van der Waals surface area contributed by atoms with E-state index >= 15 is 0 Å². The fraction of sp³-hybridized carbons (Fsp3) is 0.556. The van der Waals surface area contributed by atoms with E-state index in [-0.39, 0.29) is 0 Å². The maximum absolute atomic E-state index is 5.85. The van der Waals surface area contributed by atoms with Gasteiger partial charge in [-0.3, -0.25) is 4.90 Å². The zero-order chi connectivity index (χ0) is 15.3. The number of piperidine rings is 1. The number of aryl methyl sites for hydroxylation is 2. The second-order valence-corrected chi connectivity index (χ2v) is 6.90. The first kappa shape index (κ1) is 13.9. The van der Waals surface area contributed by atoms with Gasteiger partial charge in [0.2, 0.25) is 11.8 Å². The third-order valence-corrected chi connectivity index (χ3v) is 5.60. The summed E-state index contributed by atoms with van der Waals surface area (Å²) in [6.45, 7) is 4.02. The summed E-state index contributed by atoms with van der Waals surface area (Å²) in [5.74, 6) is 2.28. The molecule has 2 unspecified atom stereocenters. The summed E-state index contributed by atoms with van der Waals surface area (Å²) in [5, 5.41) is 8.45. The molecule has 2 aromatic rings. The van der Waals surface area contributed by atoms with E-state index in [0.717, 1.165) is 5.89 Å². The van der Waals surface area contributed by atoms with E-state index in [4.69, 9.17) is 4.42 Å². The lowest BCUT2D eigenvalue weighted by Crippen LogP contribution is -2.44. The van der Waals surface area contributed by atoms with E-state index in [2.05, 4.69) is 53.3 Å². The molecular weight excluding hydrogens is 274 g/mol. The molecule has 0 spiro atoms. The predicted octanol–water partition coefficient (Wildman–Crippen LogP) is 3.42. The Morgan fingerprint density at radius 1 is 1.09 bits per heavy atom. The standard InChI is InChI=1S/C18H23N3O/c1-11-4-6-13(7-5-11)15-10-14-8-9-16(21(14)3)17(15)18-20-19-12(2)22-18/h4-7,14-17H,8-10H2,1-3H3/t14?,15-,16?,17+/m1/s1. The van der Waals surface area contributed by atoms with E-state index < -0.39 is 0 Å². The van der Waals surface area contributed by atoms with E-state index in [1.807, 2.05) is 6.92 Å². The molecule has 2 fully saturated rings. The van der Waals surface area contributed by atoms with Gasteiger partial charge in [0, 0.05) is 19.0 Å². The fourth-order valence-corrected chi connectivity index (χ4v) is 4.41. The van der Waals surface area contributed by atoms with Crippen LogP contribution in [0.25, 0.3) is 0 Å². The average molecular weight is 297 g/mol. The molecule has 0 N–H and O–H groups in total. The molecular formula is C18H23N3O. The van der Waals surface area contributed by atoms with Crippen LogP contribution in [-0.4, -0.2) is 34.2 Å². The third kappa shape index (κ3) is 2.17. The Bertz CT molecular complexity index is 663. The van der Waals surface area contributed by atoms with Gasteiger partial charge in [-0.1, -0.05) is 29.8 Å². The predicted molar refractivity (Wildman–Crippen MR) is 84.9 cm³/mol. The summed E-state index contributed by atoms with van der Waals surface area (Å²) in [4.78, 5) is 2.54. The van der Waals surface area contributed by atoms with Crippen molar-refractivity contribution < 1.29 is 4.42 Å². The van der Waals surface area contributed by atoms with Crippen LogP contribution in [0.5, 0.6) is 0 Å². The Labute approximate surface area is 131 Å². The molecule has 4 atom stereocenters. The summed E-state index contributed by atoms with van der Waals surface area (Å²) in [7, 11) is 2.25. The van der Waals surface area contributed by atoms with Crippen LogP contribution < -0.4 is 0 Å². The second kappa shape index (κ2) is 5.20. The van der Waals surface area contributed by atoms with Gasteiger partial charge in [-0.2, -0.15) is 0 Å². The van der Waals surface area contributed by atoms with Crippen molar-refractivity contribution in [3.8, 4) is 0 Å². The van der Waals surface area contributed by atoms with Crippen LogP contribution in [0.1, 0.15) is 54.0 Å². The Hall–Kier alpha value is -1.68. The first-order valence-electron chi connectivity index (χ1n) is 8.22. The molecule has 2 saturated heterocycles. The minimum atomic E-state index is 0.313. The molecule has 0 amide bonds. The van der Waals surface area contributed by atoms with Gasteiger partial charge >= 0.3 is 0 Å². The van der Waals surface area contributed by atoms with Crippen molar-refractivity contribution in [3.05, 3.63) is 47.2 Å². The molecule has 3 heterocycles. The van der Waals surface area contributed by atoms with Gasteiger partial charge in [-0.05, 0) is 44.7 Å². The third-order valence-electron chi connectivity index (χ3n) is 5.60. The van der Waals surface area contributed by atoms with Crippen molar-refractivity contribution in [1.29, 1.82) is 0 Å². The number of benzene rings is 1. The minimum Gasteiger partial charge on any atom is -0.425 e. The van der Waals surface area contributed by atoms with Gasteiger partial charge in [-0.15, -0.1) is 10.2 Å². The molecule has 4 heteroatoms. The smallest absolute Gasteiger partial charge is 0.221 e. The summed E-state index contributed by atoms with van der Waals surface area (Å²) >= 11 is 0. The van der Waals surface area contributed by atoms with Crippen molar-refractivity contribution in [2.24, 2.45) is 0 Å². The Kier molecular flexibility index (Phi) is 3.30. The van der Waals surface area contributed by atoms with Crippen molar-refractivity contribution in [2.45, 2.75) is 57.0 Å². The highest BCUT2D eigenvalue weighted by atomic mass is 16.4. The van der Waals surface area contributed by atoms with Crippen LogP contribution in [0.4, 0.5) is 0 Å². The lowest BCUT2D eigenvalue weighted by atomic mass is 9.76. The molecule has 2 aliphatic rings. The number of nitrogens with zero attached hydrogens (tertiary/aromatic N) is 3. The molecule has 22 heavy (non-hydrogen) atoms. The topological polar surface area (TPSA) is 42.2 Å². The fourth-order valence-electron chi connectivity index (χ4n) is 4.41. The van der Waals surface area contributed by atoms with E-state index in [1.54, 1.807) is 0 Å². The summed E-state index contributed by atoms with van der Waals surface area (Å²) < 4.78 is 5.85. The molecule has 2 aliphatic heterocycles. The zero-order valence-corrected chi connectivity index (χ0v) is 13.5. The zero-order valence-electron chi connectivity index (χ0n) is 13.5. The monoisotopic (exact) mass is 297 g/mol. The van der Waals surface area contributed by atoms with Crippen LogP contribution in [0.15, 0.2) is 28.7 Å². The Morgan fingerprint density at radius 2 is 1.86 bits per heavy atom. The molecule has 0 radical (unpaired) electrons. The van der Waals surface area contributed by atoms with Gasteiger partial charge in [0.25, 0.3) is 0 Å². The van der Waals surface area contributed by atoms with Crippen LogP contribution in [0.2, 0.25) is 0 Å². The Morgan fingerprint density at radius 3 is 2.55 bits per heavy atom. The minimum absolute atomic E-state index is 0.313. The lowest BCUT2D eigenvalue weighted by molar-refractivity contribution is 0.123. The van der Waals surface area contributed by atoms with Crippen molar-refractivity contribution >= 4 is 0 Å². The van der Waals surface area contributed by atoms with Crippen molar-refractivity contribution in [2.75, 3.05) is 7.05 Å². The largest absolute Gasteiger partial charge is 0.425 e. The average Bonchev–Trinajstić information content (AvgIpc) is 3.02. The van der Waals surface area contributed by atoms with Gasteiger partial charge in [0.05, 0.1) is 5.92 Å². The molecule has 116 valence electrons. The molecule has 0 aliphatic carbocycles. The normalized spacial score (nSPS) is 31.6. The highest BCUT2D eigenvalue weighted by Crippen LogP contribution is 2.50. The summed E-state index contributed by atoms with van der Waals surface area (Å²) in [6.07, 6.45) is 3.70. The van der Waals surface area contributed by atoms with E-state index in [0.29, 0.717) is 29.8 Å². The highest BCUT2D eigenvalue weighted by Gasteiger charge is 2.48. The number of rotatable bonds is 2. The maximum Gasteiger partial charge on any atom is 0.221 e. The molecule has 1 aromatic heterocycles. The summed E-state index contributed by atoms with van der Waals surface area (Å²) in [5.41, 5.74) is 2.72. The van der Waals surface area contributed by atoms with Crippen molar-refractivity contribution in [3.63, 3.8) is 0 Å². The SMILES string of the molecule is Cc1ccc([C@H]2CC3CCC([C@H]2c2nnc(C)o2)N3C)cc1. The number of fused-ring (bicyclic) bond motifs is 2. The summed E-state index contributed by atoms with van der Waals surface area (Å²) in [6, 6.07) is 10.2. The van der Waals surface area contributed by atoms with Gasteiger partial charge < -0.3 is 4.42 Å². The lowest BCUT2D eigenvalue weighted by Gasteiger charge is -2.41. The first-order valence-corrected chi connectivity index (χ1v) is 8.22. The quantitative estimate of drug-likeness (QED) is 0.852. The first-order chi connectivity index (χ1) is 10.6. The number of hydrogen-bond donors (Lipinski definition) is 0. The van der Waals surface area contributed by atoms with Crippen LogP contribution in [0.3, 0.4) is 0 Å². The number of aromatic nitrogens is 2. The molecule has 4 rings (SSSR count).